The Morgan fingerprint density at radius 3 is 2.31 bits per heavy atom. The quantitative estimate of drug-likeness (QED) is 0.358. The van der Waals surface area contributed by atoms with Crippen molar-refractivity contribution in [1.29, 1.82) is 0 Å². The number of carbonyl (C=O) groups is 3. The van der Waals surface area contributed by atoms with Crippen LogP contribution in [-0.2, 0) is 14.4 Å². The Labute approximate surface area is 232 Å². The Morgan fingerprint density at radius 2 is 1.72 bits per heavy atom. The molecule has 1 heterocycles. The number of aromatic nitrogens is 1. The van der Waals surface area contributed by atoms with Gasteiger partial charge in [-0.05, 0) is 45.9 Å². The molecule has 208 valence electrons. The molecule has 0 bridgehead atoms. The minimum Gasteiger partial charge on any atom is -0.493 e. The molecule has 39 heavy (non-hydrogen) atoms. The van der Waals surface area contributed by atoms with E-state index in [-0.39, 0.29) is 18.7 Å². The average molecular weight is 557 g/mol. The first-order valence-electron chi connectivity index (χ1n) is 12.3. The third-order valence-electron chi connectivity index (χ3n) is 5.58. The summed E-state index contributed by atoms with van der Waals surface area (Å²) < 4.78 is 15.8. The van der Waals surface area contributed by atoms with Crippen molar-refractivity contribution in [3.8, 4) is 11.5 Å². The molecule has 0 spiro atoms. The summed E-state index contributed by atoms with van der Waals surface area (Å²) in [6.45, 7) is 7.22. The normalized spacial score (nSPS) is 11.9. The number of amides is 3. The van der Waals surface area contributed by atoms with Gasteiger partial charge in [0.05, 0.1) is 14.2 Å². The van der Waals surface area contributed by atoms with E-state index >= 15 is 0 Å². The van der Waals surface area contributed by atoms with E-state index in [1.807, 2.05) is 20.8 Å². The highest BCUT2D eigenvalue weighted by Gasteiger charge is 2.36. The van der Waals surface area contributed by atoms with Gasteiger partial charge in [-0.25, -0.2) is 0 Å². The number of halogens is 1. The summed E-state index contributed by atoms with van der Waals surface area (Å²) in [6, 6.07) is 12.1. The van der Waals surface area contributed by atoms with Crippen molar-refractivity contribution < 1.29 is 28.4 Å². The summed E-state index contributed by atoms with van der Waals surface area (Å²) >= 11 is 6.55. The molecule has 0 aliphatic rings. The molecule has 3 rings (SSSR count). The smallest absolute Gasteiger partial charge is 0.248 e. The van der Waals surface area contributed by atoms with Crippen LogP contribution in [0.4, 0.5) is 11.5 Å². The van der Waals surface area contributed by atoms with Gasteiger partial charge in [-0.1, -0.05) is 35.0 Å². The molecule has 1 atom stereocenters. The van der Waals surface area contributed by atoms with Crippen LogP contribution in [0.3, 0.4) is 0 Å². The lowest BCUT2D eigenvalue weighted by Gasteiger charge is -2.34. The summed E-state index contributed by atoms with van der Waals surface area (Å²) in [7, 11) is 2.97. The number of ether oxygens (including phenoxy) is 2. The van der Waals surface area contributed by atoms with Crippen LogP contribution in [0.25, 0.3) is 0 Å². The molecule has 1 aromatic heterocycles. The largest absolute Gasteiger partial charge is 0.493 e. The number of methoxy groups -OCH3 is 2. The van der Waals surface area contributed by atoms with E-state index in [2.05, 4.69) is 15.8 Å². The van der Waals surface area contributed by atoms with E-state index in [0.717, 1.165) is 0 Å². The third kappa shape index (κ3) is 7.73. The van der Waals surface area contributed by atoms with Crippen molar-refractivity contribution in [3.05, 3.63) is 64.9 Å². The van der Waals surface area contributed by atoms with Gasteiger partial charge in [-0.15, -0.1) is 0 Å². The molecule has 0 aliphatic heterocycles. The second kappa shape index (κ2) is 12.7. The number of carbonyl (C=O) groups excluding carboxylic acids is 3. The standard InChI is InChI=1S/C28H33ClN4O6/c1-17-15-23(32-39-17)30-24(34)13-14-25(35)33(18-11-12-21(37-5)22(16-18)38-6)26(27(36)31-28(2,3)4)19-9-7-8-10-20(19)29/h7-12,15-16,26H,13-14H2,1-6H3,(H,31,36)(H,30,32,34). The van der Waals surface area contributed by atoms with Crippen molar-refractivity contribution in [3.63, 3.8) is 0 Å². The molecule has 0 fully saturated rings. The lowest BCUT2D eigenvalue weighted by Crippen LogP contribution is -2.49. The second-order valence-corrected chi connectivity index (χ2v) is 10.2. The maximum Gasteiger partial charge on any atom is 0.248 e. The fourth-order valence-electron chi connectivity index (χ4n) is 3.92. The van der Waals surface area contributed by atoms with E-state index in [4.69, 9.17) is 25.6 Å². The highest BCUT2D eigenvalue weighted by atomic mass is 35.5. The van der Waals surface area contributed by atoms with Crippen molar-refractivity contribution in [2.24, 2.45) is 0 Å². The number of benzene rings is 2. The van der Waals surface area contributed by atoms with Crippen LogP contribution in [0.5, 0.6) is 11.5 Å². The summed E-state index contributed by atoms with van der Waals surface area (Å²) in [6.07, 6.45) is -0.370. The summed E-state index contributed by atoms with van der Waals surface area (Å²) in [5.41, 5.74) is 0.184. The lowest BCUT2D eigenvalue weighted by molar-refractivity contribution is -0.128. The van der Waals surface area contributed by atoms with Gasteiger partial charge >= 0.3 is 0 Å². The van der Waals surface area contributed by atoms with Crippen LogP contribution >= 0.6 is 11.6 Å². The minimum atomic E-state index is -1.15. The summed E-state index contributed by atoms with van der Waals surface area (Å²) in [5.74, 6) is 0.236. The number of nitrogens with zero attached hydrogens (tertiary/aromatic N) is 2. The van der Waals surface area contributed by atoms with E-state index in [1.165, 1.54) is 19.1 Å². The van der Waals surface area contributed by atoms with Gasteiger partial charge in [0.25, 0.3) is 0 Å². The molecular formula is C28H33ClN4O6. The predicted molar refractivity (Wildman–Crippen MR) is 148 cm³/mol. The van der Waals surface area contributed by atoms with Crippen LogP contribution in [-0.4, -0.2) is 42.6 Å². The first kappa shape index (κ1) is 29.5. The molecule has 2 aromatic carbocycles. The second-order valence-electron chi connectivity index (χ2n) is 9.84. The van der Waals surface area contributed by atoms with Gasteiger partial charge < -0.3 is 24.6 Å². The van der Waals surface area contributed by atoms with E-state index in [0.29, 0.717) is 33.5 Å². The third-order valence-corrected chi connectivity index (χ3v) is 5.92. The molecule has 1 unspecified atom stereocenters. The van der Waals surface area contributed by atoms with Gasteiger partial charge in [-0.3, -0.25) is 19.3 Å². The van der Waals surface area contributed by atoms with Crippen molar-refractivity contribution in [2.45, 2.75) is 52.1 Å². The van der Waals surface area contributed by atoms with Crippen LogP contribution in [0.15, 0.2) is 53.1 Å². The van der Waals surface area contributed by atoms with Crippen LogP contribution < -0.4 is 25.0 Å². The minimum absolute atomic E-state index is 0.162. The number of rotatable bonds is 10. The predicted octanol–water partition coefficient (Wildman–Crippen LogP) is 5.06. The van der Waals surface area contributed by atoms with Crippen molar-refractivity contribution in [2.75, 3.05) is 24.4 Å². The van der Waals surface area contributed by atoms with Crippen molar-refractivity contribution in [1.82, 2.24) is 10.5 Å². The molecule has 3 aromatic rings. The van der Waals surface area contributed by atoms with Gasteiger partial charge in [0, 0.05) is 46.8 Å². The number of nitrogens with one attached hydrogen (secondary N) is 2. The van der Waals surface area contributed by atoms with Crippen LogP contribution in [0.2, 0.25) is 5.02 Å². The van der Waals surface area contributed by atoms with Crippen LogP contribution in [0.1, 0.15) is 51.0 Å². The maximum atomic E-state index is 13.9. The summed E-state index contributed by atoms with van der Waals surface area (Å²) in [5, 5.41) is 9.61. The Balaban J connectivity index is 2.04. The molecule has 0 saturated heterocycles. The summed E-state index contributed by atoms with van der Waals surface area (Å²) in [4.78, 5) is 41.6. The number of aryl methyl sites for hydroxylation is 1. The molecule has 3 amide bonds. The average Bonchev–Trinajstić information content (AvgIpc) is 3.29. The number of anilines is 2. The first-order valence-corrected chi connectivity index (χ1v) is 12.6. The zero-order chi connectivity index (χ0) is 28.7. The molecule has 11 heteroatoms. The Hall–Kier alpha value is -4.05. The molecule has 0 aliphatic carbocycles. The van der Waals surface area contributed by atoms with E-state index in [1.54, 1.807) is 55.5 Å². The first-order chi connectivity index (χ1) is 18.4. The highest BCUT2D eigenvalue weighted by Crippen LogP contribution is 2.37. The topological polar surface area (TPSA) is 123 Å². The van der Waals surface area contributed by atoms with Crippen molar-refractivity contribution >= 4 is 40.8 Å². The Bertz CT molecular complexity index is 1330. The monoisotopic (exact) mass is 556 g/mol. The lowest BCUT2D eigenvalue weighted by atomic mass is 10.00. The Kier molecular flexibility index (Phi) is 9.58. The van der Waals surface area contributed by atoms with Gasteiger partial charge in [0.1, 0.15) is 11.8 Å². The van der Waals surface area contributed by atoms with E-state index < -0.39 is 29.3 Å². The zero-order valence-electron chi connectivity index (χ0n) is 22.8. The molecular weight excluding hydrogens is 524 g/mol. The zero-order valence-corrected chi connectivity index (χ0v) is 23.6. The Morgan fingerprint density at radius 1 is 1.03 bits per heavy atom. The highest BCUT2D eigenvalue weighted by molar-refractivity contribution is 6.31. The number of hydrogen-bond acceptors (Lipinski definition) is 7. The van der Waals surface area contributed by atoms with Gasteiger partial charge in [0.2, 0.25) is 17.7 Å². The molecule has 10 nitrogen and oxygen atoms in total. The maximum absolute atomic E-state index is 13.9. The van der Waals surface area contributed by atoms with Crippen LogP contribution in [0, 0.1) is 6.92 Å². The fraction of sp³-hybridized carbons (Fsp3) is 0.357. The molecule has 2 N–H and O–H groups in total. The van der Waals surface area contributed by atoms with Gasteiger partial charge in [0.15, 0.2) is 17.3 Å². The number of hydrogen-bond donors (Lipinski definition) is 2. The van der Waals surface area contributed by atoms with Gasteiger partial charge in [-0.2, -0.15) is 0 Å². The SMILES string of the molecule is COc1ccc(N(C(=O)CCC(=O)Nc2cc(C)on2)C(C(=O)NC(C)(C)C)c2ccccc2Cl)cc1OC. The molecule has 0 radical (unpaired) electrons. The molecule has 0 saturated carbocycles. The fourth-order valence-corrected chi connectivity index (χ4v) is 4.15. The van der Waals surface area contributed by atoms with E-state index in [9.17, 15) is 14.4 Å².